The van der Waals surface area contributed by atoms with Gasteiger partial charge in [0.2, 0.25) is 11.8 Å². The number of thiophene rings is 1. The normalized spacial score (nSPS) is 15.9. The van der Waals surface area contributed by atoms with Crippen molar-refractivity contribution in [2.24, 2.45) is 5.92 Å². The Hall–Kier alpha value is -2.21. The summed E-state index contributed by atoms with van der Waals surface area (Å²) in [6.45, 7) is 7.46. The summed E-state index contributed by atoms with van der Waals surface area (Å²) in [6, 6.07) is 8.22. The molecule has 0 aliphatic carbocycles. The summed E-state index contributed by atoms with van der Waals surface area (Å²) in [7, 11) is 0. The molecule has 162 valence electrons. The zero-order valence-corrected chi connectivity index (χ0v) is 18.9. The van der Waals surface area contributed by atoms with Crippen molar-refractivity contribution in [2.45, 2.75) is 52.5 Å². The van der Waals surface area contributed by atoms with Crippen LogP contribution in [0.4, 0.5) is 4.39 Å². The molecule has 1 aliphatic heterocycles. The standard InChI is InChI=1S/C24H31FN2O2S/c1-4-5-6-22(28)26(15-17(2)3)16-23(29)27-13-11-21-20(12-14-30-21)24(27)18-7-9-19(25)10-8-18/h7-10,12,14,17,24H,4-6,11,13,15-16H2,1-3H3/t24-/m1/s1. The first-order valence-electron chi connectivity index (χ1n) is 10.8. The Morgan fingerprint density at radius 3 is 2.63 bits per heavy atom. The van der Waals surface area contributed by atoms with Crippen LogP contribution < -0.4 is 0 Å². The van der Waals surface area contributed by atoms with Gasteiger partial charge in [-0.25, -0.2) is 4.39 Å². The maximum absolute atomic E-state index is 13.5. The third kappa shape index (κ3) is 5.28. The van der Waals surface area contributed by atoms with Crippen molar-refractivity contribution in [1.82, 2.24) is 9.80 Å². The zero-order chi connectivity index (χ0) is 21.7. The molecule has 4 nitrogen and oxygen atoms in total. The van der Waals surface area contributed by atoms with Crippen molar-refractivity contribution < 1.29 is 14.0 Å². The molecular weight excluding hydrogens is 399 g/mol. The number of fused-ring (bicyclic) bond motifs is 1. The molecule has 0 fully saturated rings. The van der Waals surface area contributed by atoms with Crippen LogP contribution in [-0.4, -0.2) is 41.2 Å². The van der Waals surface area contributed by atoms with Gasteiger partial charge in [-0.1, -0.05) is 39.3 Å². The van der Waals surface area contributed by atoms with E-state index in [-0.39, 0.29) is 30.2 Å². The molecule has 1 aliphatic rings. The second kappa shape index (κ2) is 10.2. The summed E-state index contributed by atoms with van der Waals surface area (Å²) >= 11 is 1.70. The van der Waals surface area contributed by atoms with Gasteiger partial charge in [0.1, 0.15) is 5.82 Å². The van der Waals surface area contributed by atoms with Crippen LogP contribution >= 0.6 is 11.3 Å². The Morgan fingerprint density at radius 1 is 1.23 bits per heavy atom. The zero-order valence-electron chi connectivity index (χ0n) is 18.1. The van der Waals surface area contributed by atoms with Gasteiger partial charge in [-0.2, -0.15) is 0 Å². The van der Waals surface area contributed by atoms with E-state index in [4.69, 9.17) is 0 Å². The number of carbonyl (C=O) groups is 2. The molecule has 2 aromatic rings. The van der Waals surface area contributed by atoms with Gasteiger partial charge < -0.3 is 9.80 Å². The monoisotopic (exact) mass is 430 g/mol. The van der Waals surface area contributed by atoms with Crippen molar-refractivity contribution in [1.29, 1.82) is 0 Å². The molecule has 0 unspecified atom stereocenters. The average Bonchev–Trinajstić information content (AvgIpc) is 3.20. The summed E-state index contributed by atoms with van der Waals surface area (Å²) in [5.74, 6) is 0.000786. The number of amides is 2. The largest absolute Gasteiger partial charge is 0.333 e. The molecule has 0 saturated carbocycles. The third-order valence-corrected chi connectivity index (χ3v) is 6.48. The fourth-order valence-electron chi connectivity index (χ4n) is 4.03. The highest BCUT2D eigenvalue weighted by Crippen LogP contribution is 2.37. The number of carbonyl (C=O) groups excluding carboxylic acids is 2. The Labute approximate surface area is 182 Å². The van der Waals surface area contributed by atoms with E-state index in [2.05, 4.69) is 32.2 Å². The molecule has 0 radical (unpaired) electrons. The molecule has 2 amide bonds. The highest BCUT2D eigenvalue weighted by atomic mass is 32.1. The van der Waals surface area contributed by atoms with Crippen LogP contribution in [0.25, 0.3) is 0 Å². The van der Waals surface area contributed by atoms with E-state index in [1.807, 2.05) is 4.90 Å². The Kier molecular flexibility index (Phi) is 7.64. The summed E-state index contributed by atoms with van der Waals surface area (Å²) in [4.78, 5) is 31.0. The fourth-order valence-corrected chi connectivity index (χ4v) is 4.93. The molecule has 1 aromatic carbocycles. The van der Waals surface area contributed by atoms with Crippen molar-refractivity contribution in [3.05, 3.63) is 57.5 Å². The number of halogens is 1. The molecule has 0 saturated heterocycles. The van der Waals surface area contributed by atoms with E-state index in [1.54, 1.807) is 28.4 Å². The van der Waals surface area contributed by atoms with Gasteiger partial charge in [-0.15, -0.1) is 11.3 Å². The minimum atomic E-state index is -0.289. The number of unbranched alkanes of at least 4 members (excludes halogenated alkanes) is 1. The lowest BCUT2D eigenvalue weighted by Crippen LogP contribution is -2.47. The minimum Gasteiger partial charge on any atom is -0.333 e. The Balaban J connectivity index is 1.84. The van der Waals surface area contributed by atoms with Crippen molar-refractivity contribution >= 4 is 23.2 Å². The van der Waals surface area contributed by atoms with Crippen LogP contribution in [-0.2, 0) is 16.0 Å². The van der Waals surface area contributed by atoms with Crippen molar-refractivity contribution in [2.75, 3.05) is 19.6 Å². The van der Waals surface area contributed by atoms with Gasteiger partial charge in [-0.05, 0) is 53.5 Å². The summed E-state index contributed by atoms with van der Waals surface area (Å²) in [5.41, 5.74) is 2.01. The van der Waals surface area contributed by atoms with E-state index in [9.17, 15) is 14.0 Å². The van der Waals surface area contributed by atoms with Crippen LogP contribution in [0.1, 0.15) is 62.1 Å². The van der Waals surface area contributed by atoms with E-state index in [0.29, 0.717) is 25.4 Å². The Morgan fingerprint density at radius 2 is 1.97 bits per heavy atom. The lowest BCUT2D eigenvalue weighted by molar-refractivity contribution is -0.142. The molecule has 1 aromatic heterocycles. The lowest BCUT2D eigenvalue weighted by atomic mass is 9.93. The van der Waals surface area contributed by atoms with E-state index >= 15 is 0 Å². The average molecular weight is 431 g/mol. The fraction of sp³-hybridized carbons (Fsp3) is 0.500. The summed E-state index contributed by atoms with van der Waals surface area (Å²) < 4.78 is 13.5. The first-order chi connectivity index (χ1) is 14.4. The summed E-state index contributed by atoms with van der Waals surface area (Å²) in [5, 5.41) is 2.05. The molecule has 0 spiro atoms. The first-order valence-corrected chi connectivity index (χ1v) is 11.7. The number of nitrogens with zero attached hydrogens (tertiary/aromatic N) is 2. The quantitative estimate of drug-likeness (QED) is 0.589. The highest BCUT2D eigenvalue weighted by Gasteiger charge is 2.34. The molecular formula is C24H31FN2O2S. The second-order valence-electron chi connectivity index (χ2n) is 8.36. The van der Waals surface area contributed by atoms with Crippen LogP contribution in [0.5, 0.6) is 0 Å². The predicted molar refractivity (Wildman–Crippen MR) is 119 cm³/mol. The summed E-state index contributed by atoms with van der Waals surface area (Å²) in [6.07, 6.45) is 3.08. The maximum atomic E-state index is 13.5. The SMILES string of the molecule is CCCCC(=O)N(CC(=O)N1CCc2sccc2[C@H]1c1ccc(F)cc1)CC(C)C. The van der Waals surface area contributed by atoms with Gasteiger partial charge >= 0.3 is 0 Å². The van der Waals surface area contributed by atoms with E-state index < -0.39 is 0 Å². The van der Waals surface area contributed by atoms with Gasteiger partial charge in [0.25, 0.3) is 0 Å². The number of rotatable bonds is 8. The van der Waals surface area contributed by atoms with Gasteiger partial charge in [0, 0.05) is 24.4 Å². The molecule has 2 heterocycles. The second-order valence-corrected chi connectivity index (χ2v) is 9.36. The molecule has 3 rings (SSSR count). The van der Waals surface area contributed by atoms with Gasteiger partial charge in [-0.3, -0.25) is 9.59 Å². The number of hydrogen-bond donors (Lipinski definition) is 0. The van der Waals surface area contributed by atoms with Crippen molar-refractivity contribution in [3.8, 4) is 0 Å². The molecule has 1 atom stereocenters. The highest BCUT2D eigenvalue weighted by molar-refractivity contribution is 7.10. The number of hydrogen-bond acceptors (Lipinski definition) is 3. The first kappa shape index (κ1) is 22.5. The third-order valence-electron chi connectivity index (χ3n) is 5.48. The number of benzene rings is 1. The van der Waals surface area contributed by atoms with Crippen LogP contribution in [0, 0.1) is 11.7 Å². The lowest BCUT2D eigenvalue weighted by Gasteiger charge is -2.38. The molecule has 0 bridgehead atoms. The van der Waals surface area contributed by atoms with Gasteiger partial charge in [0.05, 0.1) is 12.6 Å². The van der Waals surface area contributed by atoms with E-state index in [1.165, 1.54) is 17.0 Å². The molecule has 30 heavy (non-hydrogen) atoms. The van der Waals surface area contributed by atoms with Crippen molar-refractivity contribution in [3.63, 3.8) is 0 Å². The van der Waals surface area contributed by atoms with Crippen LogP contribution in [0.3, 0.4) is 0 Å². The van der Waals surface area contributed by atoms with Crippen LogP contribution in [0.2, 0.25) is 0 Å². The Bertz CT molecular complexity index is 862. The smallest absolute Gasteiger partial charge is 0.242 e. The molecule has 6 heteroatoms. The maximum Gasteiger partial charge on any atom is 0.242 e. The van der Waals surface area contributed by atoms with Crippen LogP contribution in [0.15, 0.2) is 35.7 Å². The molecule has 0 N–H and O–H groups in total. The predicted octanol–water partition coefficient (Wildman–Crippen LogP) is 5.04. The minimum absolute atomic E-state index is 0.0467. The van der Waals surface area contributed by atoms with Gasteiger partial charge in [0.15, 0.2) is 0 Å². The van der Waals surface area contributed by atoms with E-state index in [0.717, 1.165) is 30.4 Å². The topological polar surface area (TPSA) is 40.6 Å².